The van der Waals surface area contributed by atoms with Gasteiger partial charge in [-0.3, -0.25) is 0 Å². The molecule has 2 aliphatic heterocycles. The van der Waals surface area contributed by atoms with Crippen LogP contribution in [-0.4, -0.2) is 30.7 Å². The Morgan fingerprint density at radius 3 is 2.80 bits per heavy atom. The van der Waals surface area contributed by atoms with Crippen LogP contribution in [0.1, 0.15) is 24.8 Å². The lowest BCUT2D eigenvalue weighted by Crippen LogP contribution is -2.28. The summed E-state index contributed by atoms with van der Waals surface area (Å²) in [4.78, 5) is 0. The van der Waals surface area contributed by atoms with Crippen LogP contribution in [0.5, 0.6) is 5.75 Å². The fourth-order valence-corrected chi connectivity index (χ4v) is 4.31. The summed E-state index contributed by atoms with van der Waals surface area (Å²) in [5.41, 5.74) is 1.34. The Balaban J connectivity index is 1.60. The van der Waals surface area contributed by atoms with Crippen LogP contribution in [0.2, 0.25) is 5.02 Å². The van der Waals surface area contributed by atoms with E-state index < -0.39 is 0 Å². The second-order valence-corrected chi connectivity index (χ2v) is 7.32. The van der Waals surface area contributed by atoms with Crippen LogP contribution in [0.3, 0.4) is 0 Å². The van der Waals surface area contributed by atoms with Crippen LogP contribution in [-0.2, 0) is 6.42 Å². The number of hydrogen-bond donors (Lipinski definition) is 1. The van der Waals surface area contributed by atoms with Crippen molar-refractivity contribution in [3.63, 3.8) is 0 Å². The topological polar surface area (TPSA) is 21.3 Å². The van der Waals surface area contributed by atoms with E-state index in [2.05, 4.69) is 23.5 Å². The third-order valence-electron chi connectivity index (χ3n) is 4.16. The molecule has 2 heterocycles. The highest BCUT2D eigenvalue weighted by molar-refractivity contribution is 7.99. The summed E-state index contributed by atoms with van der Waals surface area (Å²) in [6.45, 7) is 2.30. The van der Waals surface area contributed by atoms with Crippen LogP contribution < -0.4 is 10.1 Å². The number of hydrogen-bond acceptors (Lipinski definition) is 3. The highest BCUT2D eigenvalue weighted by Crippen LogP contribution is 2.31. The van der Waals surface area contributed by atoms with Crippen molar-refractivity contribution < 1.29 is 4.74 Å². The van der Waals surface area contributed by atoms with Gasteiger partial charge in [0.05, 0.1) is 5.02 Å². The molecule has 0 radical (unpaired) electrons. The van der Waals surface area contributed by atoms with Gasteiger partial charge in [0.1, 0.15) is 11.9 Å². The average molecular weight is 312 g/mol. The molecule has 1 unspecified atom stereocenters. The van der Waals surface area contributed by atoms with Crippen molar-refractivity contribution in [2.24, 2.45) is 5.92 Å². The summed E-state index contributed by atoms with van der Waals surface area (Å²) >= 11 is 8.34. The Morgan fingerprint density at radius 1 is 1.25 bits per heavy atom. The van der Waals surface area contributed by atoms with Crippen LogP contribution in [0.25, 0.3) is 0 Å². The zero-order valence-corrected chi connectivity index (χ0v) is 13.3. The normalized spacial score (nSPS) is 23.9. The SMILES string of the molecule is Clc1cc(CC2CCNCC2)ccc1OC1CCSC1. The summed E-state index contributed by atoms with van der Waals surface area (Å²) < 4.78 is 5.99. The molecule has 1 atom stereocenters. The molecular formula is C16H22ClNOS. The molecule has 110 valence electrons. The van der Waals surface area contributed by atoms with Crippen molar-refractivity contribution in [3.05, 3.63) is 28.8 Å². The van der Waals surface area contributed by atoms with E-state index in [4.69, 9.17) is 16.3 Å². The van der Waals surface area contributed by atoms with Crippen LogP contribution in [0.15, 0.2) is 18.2 Å². The zero-order valence-electron chi connectivity index (χ0n) is 11.7. The van der Waals surface area contributed by atoms with Gasteiger partial charge in [-0.25, -0.2) is 0 Å². The number of benzene rings is 1. The minimum absolute atomic E-state index is 0.341. The lowest BCUT2D eigenvalue weighted by molar-refractivity contribution is 0.229. The van der Waals surface area contributed by atoms with Gasteiger partial charge >= 0.3 is 0 Å². The van der Waals surface area contributed by atoms with Gasteiger partial charge < -0.3 is 10.1 Å². The molecule has 2 nitrogen and oxygen atoms in total. The van der Waals surface area contributed by atoms with Gasteiger partial charge in [-0.1, -0.05) is 17.7 Å². The molecule has 1 N–H and O–H groups in total. The predicted molar refractivity (Wildman–Crippen MR) is 87.1 cm³/mol. The molecule has 3 rings (SSSR count). The minimum Gasteiger partial charge on any atom is -0.488 e. The van der Waals surface area contributed by atoms with E-state index in [1.165, 1.54) is 24.2 Å². The monoisotopic (exact) mass is 311 g/mol. The summed E-state index contributed by atoms with van der Waals surface area (Å²) in [7, 11) is 0. The second kappa shape index (κ2) is 7.06. The zero-order chi connectivity index (χ0) is 13.8. The first-order valence-corrected chi connectivity index (χ1v) is 9.08. The first kappa shape index (κ1) is 14.6. The largest absolute Gasteiger partial charge is 0.488 e. The van der Waals surface area contributed by atoms with Crippen molar-refractivity contribution in [1.29, 1.82) is 0 Å². The van der Waals surface area contributed by atoms with E-state index in [0.29, 0.717) is 6.10 Å². The third kappa shape index (κ3) is 3.84. The molecular weight excluding hydrogens is 290 g/mol. The molecule has 0 saturated carbocycles. The maximum atomic E-state index is 6.38. The smallest absolute Gasteiger partial charge is 0.138 e. The molecule has 4 heteroatoms. The maximum Gasteiger partial charge on any atom is 0.138 e. The van der Waals surface area contributed by atoms with Gasteiger partial charge in [-0.2, -0.15) is 11.8 Å². The molecule has 2 saturated heterocycles. The summed E-state index contributed by atoms with van der Waals surface area (Å²) in [6.07, 6.45) is 5.16. The molecule has 0 aromatic heterocycles. The summed E-state index contributed by atoms with van der Waals surface area (Å²) in [6, 6.07) is 6.34. The maximum absolute atomic E-state index is 6.38. The Hall–Kier alpha value is -0.380. The summed E-state index contributed by atoms with van der Waals surface area (Å²) in [5, 5.41) is 4.18. The van der Waals surface area contributed by atoms with Crippen molar-refractivity contribution in [1.82, 2.24) is 5.32 Å². The molecule has 0 aliphatic carbocycles. The van der Waals surface area contributed by atoms with Gasteiger partial charge in [0.25, 0.3) is 0 Å². The standard InChI is InChI=1S/C16H22ClNOS/c17-15-10-13(9-12-3-6-18-7-4-12)1-2-16(15)19-14-5-8-20-11-14/h1-2,10,12,14,18H,3-9,11H2. The predicted octanol–water partition coefficient (Wildman–Crippen LogP) is 3.77. The van der Waals surface area contributed by atoms with Crippen molar-refractivity contribution in [2.75, 3.05) is 24.6 Å². The highest BCUT2D eigenvalue weighted by atomic mass is 35.5. The van der Waals surface area contributed by atoms with Gasteiger partial charge in [-0.15, -0.1) is 0 Å². The van der Waals surface area contributed by atoms with E-state index in [1.54, 1.807) is 0 Å². The molecule has 1 aromatic rings. The lowest BCUT2D eigenvalue weighted by atomic mass is 9.91. The number of rotatable bonds is 4. The lowest BCUT2D eigenvalue weighted by Gasteiger charge is -2.23. The van der Waals surface area contributed by atoms with Gasteiger partial charge in [0.15, 0.2) is 0 Å². The molecule has 20 heavy (non-hydrogen) atoms. The number of thioether (sulfide) groups is 1. The Morgan fingerprint density at radius 2 is 2.10 bits per heavy atom. The average Bonchev–Trinajstić information content (AvgIpc) is 2.96. The van der Waals surface area contributed by atoms with Crippen LogP contribution >= 0.6 is 23.4 Å². The number of halogens is 1. The van der Waals surface area contributed by atoms with Gasteiger partial charge in [0, 0.05) is 5.75 Å². The van der Waals surface area contributed by atoms with Crippen LogP contribution in [0.4, 0.5) is 0 Å². The van der Waals surface area contributed by atoms with E-state index in [-0.39, 0.29) is 0 Å². The highest BCUT2D eigenvalue weighted by Gasteiger charge is 2.19. The fourth-order valence-electron chi connectivity index (χ4n) is 2.97. The van der Waals surface area contributed by atoms with Crippen molar-refractivity contribution in [2.45, 2.75) is 31.8 Å². The molecule has 1 aromatic carbocycles. The minimum atomic E-state index is 0.341. The summed E-state index contributed by atoms with van der Waals surface area (Å²) in [5.74, 6) is 3.95. The van der Waals surface area contributed by atoms with Crippen LogP contribution in [0, 0.1) is 5.92 Å². The number of nitrogens with one attached hydrogen (secondary N) is 1. The van der Waals surface area contributed by atoms with E-state index in [0.717, 1.165) is 48.4 Å². The molecule has 0 amide bonds. The number of ether oxygens (including phenoxy) is 1. The second-order valence-electron chi connectivity index (χ2n) is 5.77. The molecule has 2 fully saturated rings. The first-order chi connectivity index (χ1) is 9.81. The number of piperidine rings is 1. The Kier molecular flexibility index (Phi) is 5.14. The van der Waals surface area contributed by atoms with E-state index in [9.17, 15) is 0 Å². The third-order valence-corrected chi connectivity index (χ3v) is 5.59. The molecule has 0 bridgehead atoms. The molecule has 2 aliphatic rings. The first-order valence-electron chi connectivity index (χ1n) is 7.55. The van der Waals surface area contributed by atoms with E-state index in [1.807, 2.05) is 11.8 Å². The Labute approximate surface area is 130 Å². The van der Waals surface area contributed by atoms with Crippen molar-refractivity contribution >= 4 is 23.4 Å². The van der Waals surface area contributed by atoms with Crippen molar-refractivity contribution in [3.8, 4) is 5.75 Å². The van der Waals surface area contributed by atoms with E-state index >= 15 is 0 Å². The fraction of sp³-hybridized carbons (Fsp3) is 0.625. The Bertz CT molecular complexity index is 442. The quantitative estimate of drug-likeness (QED) is 0.914. The molecule has 0 spiro atoms. The van der Waals surface area contributed by atoms with Gasteiger partial charge in [0.2, 0.25) is 0 Å². The van der Waals surface area contributed by atoms with Gasteiger partial charge in [-0.05, 0) is 68.1 Å².